The van der Waals surface area contributed by atoms with Gasteiger partial charge in [0, 0.05) is 29.9 Å². The van der Waals surface area contributed by atoms with Crippen LogP contribution in [0.25, 0.3) is 0 Å². The van der Waals surface area contributed by atoms with E-state index in [2.05, 4.69) is 58.5 Å². The van der Waals surface area contributed by atoms with E-state index in [0.717, 1.165) is 6.54 Å². The highest BCUT2D eigenvalue weighted by atomic mass is 127. The normalized spacial score (nSPS) is 10.0. The molecule has 0 spiro atoms. The lowest BCUT2D eigenvalue weighted by molar-refractivity contribution is -0.702. The van der Waals surface area contributed by atoms with Gasteiger partial charge in [-0.2, -0.15) is 0 Å². The first-order valence-electron chi connectivity index (χ1n) is 3.85. The molecule has 0 bridgehead atoms. The molecule has 1 rings (SSSR count). The molecule has 0 fully saturated rings. The van der Waals surface area contributed by atoms with Gasteiger partial charge in [0.1, 0.15) is 6.54 Å². The molecule has 0 amide bonds. The molecule has 0 N–H and O–H groups in total. The minimum absolute atomic E-state index is 1.15. The Kier molecular flexibility index (Phi) is 3.83. The summed E-state index contributed by atoms with van der Waals surface area (Å²) in [6.45, 7) is 3.29. The lowest BCUT2D eigenvalue weighted by atomic mass is 10.3. The maximum Gasteiger partial charge on any atom is 0.178 e. The number of aromatic nitrogens is 1. The number of nitrogens with zero attached hydrogens (tertiary/aromatic N) is 1. The molecular formula is C9H13IN+. The summed E-state index contributed by atoms with van der Waals surface area (Å²) in [7, 11) is 0. The molecule has 1 aromatic rings. The zero-order chi connectivity index (χ0) is 8.10. The van der Waals surface area contributed by atoms with Crippen LogP contribution in [0.5, 0.6) is 0 Å². The second-order valence-corrected chi connectivity index (χ2v) is 3.66. The van der Waals surface area contributed by atoms with Gasteiger partial charge in [-0.25, -0.2) is 4.57 Å². The van der Waals surface area contributed by atoms with Gasteiger partial charge in [0.25, 0.3) is 0 Å². The van der Waals surface area contributed by atoms with Crippen LogP contribution < -0.4 is 4.57 Å². The Morgan fingerprint density at radius 2 is 2.27 bits per heavy atom. The standard InChI is InChI=1S/C9H13IN/c1-9-5-2-3-7-11(9)8-4-6-10/h2-3,5,7H,4,6,8H2,1H3/q+1. The number of hydrogen-bond donors (Lipinski definition) is 0. The lowest BCUT2D eigenvalue weighted by Crippen LogP contribution is -2.36. The number of alkyl halides is 1. The molecule has 0 atom stereocenters. The van der Waals surface area contributed by atoms with Crippen molar-refractivity contribution in [2.45, 2.75) is 19.9 Å². The average molecular weight is 262 g/mol. The van der Waals surface area contributed by atoms with Crippen molar-refractivity contribution in [1.29, 1.82) is 0 Å². The molecule has 0 saturated carbocycles. The van der Waals surface area contributed by atoms with Crippen molar-refractivity contribution in [3.8, 4) is 0 Å². The summed E-state index contributed by atoms with van der Waals surface area (Å²) < 4.78 is 3.53. The number of aryl methyl sites for hydroxylation is 2. The maximum absolute atomic E-state index is 2.41. The van der Waals surface area contributed by atoms with Gasteiger partial charge >= 0.3 is 0 Å². The van der Waals surface area contributed by atoms with E-state index < -0.39 is 0 Å². The summed E-state index contributed by atoms with van der Waals surface area (Å²) in [5.41, 5.74) is 1.34. The molecule has 0 aliphatic carbocycles. The lowest BCUT2D eigenvalue weighted by Gasteiger charge is -1.96. The number of hydrogen-bond acceptors (Lipinski definition) is 0. The molecule has 1 nitrogen and oxygen atoms in total. The molecule has 1 aromatic heterocycles. The average Bonchev–Trinajstić information content (AvgIpc) is 2.03. The zero-order valence-electron chi connectivity index (χ0n) is 6.76. The van der Waals surface area contributed by atoms with Crippen molar-refractivity contribution < 1.29 is 4.57 Å². The van der Waals surface area contributed by atoms with E-state index in [-0.39, 0.29) is 0 Å². The third-order valence-electron chi connectivity index (χ3n) is 1.70. The molecule has 0 aromatic carbocycles. The molecule has 2 heteroatoms. The summed E-state index contributed by atoms with van der Waals surface area (Å²) in [5.74, 6) is 0. The quantitative estimate of drug-likeness (QED) is 0.446. The Labute approximate surface area is 81.6 Å². The Morgan fingerprint density at radius 1 is 1.45 bits per heavy atom. The minimum atomic E-state index is 1.15. The summed E-state index contributed by atoms with van der Waals surface area (Å²) in [6, 6.07) is 6.31. The van der Waals surface area contributed by atoms with Crippen LogP contribution in [0.3, 0.4) is 0 Å². The summed E-state index contributed by atoms with van der Waals surface area (Å²) in [4.78, 5) is 0. The van der Waals surface area contributed by atoms with E-state index in [0.29, 0.717) is 0 Å². The van der Waals surface area contributed by atoms with E-state index in [1.807, 2.05) is 0 Å². The summed E-state index contributed by atoms with van der Waals surface area (Å²) in [6.07, 6.45) is 3.40. The predicted octanol–water partition coefficient (Wildman–Crippen LogP) is 2.11. The van der Waals surface area contributed by atoms with Crippen molar-refractivity contribution in [1.82, 2.24) is 0 Å². The highest BCUT2D eigenvalue weighted by molar-refractivity contribution is 14.1. The molecule has 0 aliphatic heterocycles. The first-order valence-corrected chi connectivity index (χ1v) is 5.38. The van der Waals surface area contributed by atoms with Gasteiger partial charge in [-0.1, -0.05) is 28.7 Å². The van der Waals surface area contributed by atoms with E-state index >= 15 is 0 Å². The molecule has 60 valence electrons. The first kappa shape index (κ1) is 8.97. The molecule has 0 aliphatic rings. The van der Waals surface area contributed by atoms with Gasteiger partial charge in [-0.15, -0.1) is 0 Å². The van der Waals surface area contributed by atoms with E-state index in [9.17, 15) is 0 Å². The van der Waals surface area contributed by atoms with Crippen LogP contribution in [0, 0.1) is 6.92 Å². The van der Waals surface area contributed by atoms with Gasteiger partial charge in [-0.05, 0) is 0 Å². The van der Waals surface area contributed by atoms with Crippen LogP contribution in [-0.2, 0) is 6.54 Å². The van der Waals surface area contributed by atoms with E-state index in [4.69, 9.17) is 0 Å². The van der Waals surface area contributed by atoms with Gasteiger partial charge < -0.3 is 0 Å². The first-order chi connectivity index (χ1) is 5.34. The largest absolute Gasteiger partial charge is 0.203 e. The zero-order valence-corrected chi connectivity index (χ0v) is 8.91. The Bertz CT molecular complexity index is 223. The van der Waals surface area contributed by atoms with Crippen molar-refractivity contribution in [2.75, 3.05) is 4.43 Å². The highest BCUT2D eigenvalue weighted by Gasteiger charge is 2.01. The van der Waals surface area contributed by atoms with Crippen LogP contribution in [0.4, 0.5) is 0 Å². The molecule has 0 radical (unpaired) electrons. The monoisotopic (exact) mass is 262 g/mol. The molecule has 1 heterocycles. The minimum Gasteiger partial charge on any atom is -0.203 e. The van der Waals surface area contributed by atoms with Crippen molar-refractivity contribution in [2.24, 2.45) is 0 Å². The van der Waals surface area contributed by atoms with E-state index in [1.54, 1.807) is 0 Å². The smallest absolute Gasteiger partial charge is 0.178 e. The Morgan fingerprint density at radius 3 is 2.91 bits per heavy atom. The fourth-order valence-electron chi connectivity index (χ4n) is 1.04. The maximum atomic E-state index is 2.41. The molecular weight excluding hydrogens is 249 g/mol. The number of rotatable bonds is 3. The fourth-order valence-corrected chi connectivity index (χ4v) is 1.38. The predicted molar refractivity (Wildman–Crippen MR) is 54.9 cm³/mol. The molecule has 11 heavy (non-hydrogen) atoms. The van der Waals surface area contributed by atoms with Crippen LogP contribution >= 0.6 is 22.6 Å². The van der Waals surface area contributed by atoms with Gasteiger partial charge in [0.05, 0.1) is 0 Å². The van der Waals surface area contributed by atoms with Gasteiger partial charge in [0.2, 0.25) is 0 Å². The third-order valence-corrected chi connectivity index (χ3v) is 2.46. The highest BCUT2D eigenvalue weighted by Crippen LogP contribution is 1.91. The third kappa shape index (κ3) is 2.77. The van der Waals surface area contributed by atoms with Crippen molar-refractivity contribution in [3.05, 3.63) is 30.1 Å². The summed E-state index contributed by atoms with van der Waals surface area (Å²) >= 11 is 2.41. The van der Waals surface area contributed by atoms with Crippen LogP contribution in [0.15, 0.2) is 24.4 Å². The second-order valence-electron chi connectivity index (χ2n) is 2.58. The van der Waals surface area contributed by atoms with Crippen LogP contribution in [0.1, 0.15) is 12.1 Å². The van der Waals surface area contributed by atoms with Crippen LogP contribution in [0.2, 0.25) is 0 Å². The fraction of sp³-hybridized carbons (Fsp3) is 0.444. The molecule has 0 saturated heterocycles. The topological polar surface area (TPSA) is 3.88 Å². The van der Waals surface area contributed by atoms with Gasteiger partial charge in [-0.3, -0.25) is 0 Å². The van der Waals surface area contributed by atoms with E-state index in [1.165, 1.54) is 16.5 Å². The SMILES string of the molecule is Cc1cccc[n+]1CCCI. The molecule has 0 unspecified atom stereocenters. The Hall–Kier alpha value is -0.120. The Balaban J connectivity index is 2.62. The number of pyridine rings is 1. The summed E-state index contributed by atoms with van der Waals surface area (Å²) in [5, 5.41) is 0. The second kappa shape index (κ2) is 4.70. The van der Waals surface area contributed by atoms with Crippen LogP contribution in [-0.4, -0.2) is 4.43 Å². The number of halogens is 1. The van der Waals surface area contributed by atoms with Gasteiger partial charge in [0.15, 0.2) is 11.9 Å². The van der Waals surface area contributed by atoms with Crippen molar-refractivity contribution in [3.63, 3.8) is 0 Å². The van der Waals surface area contributed by atoms with Crippen molar-refractivity contribution >= 4 is 22.6 Å².